The Morgan fingerprint density at radius 2 is 1.50 bits per heavy atom. The number of hydrogen-bond acceptors (Lipinski definition) is 1. The summed E-state index contributed by atoms with van der Waals surface area (Å²) in [6, 6.07) is 1.65. The average molecular weight is 223 g/mol. The van der Waals surface area contributed by atoms with Gasteiger partial charge in [0.1, 0.15) is 0 Å². The Balaban J connectivity index is 1.81. The molecule has 16 heavy (non-hydrogen) atoms. The number of rotatable bonds is 2. The van der Waals surface area contributed by atoms with Crippen LogP contribution in [0.2, 0.25) is 0 Å². The van der Waals surface area contributed by atoms with E-state index in [0.717, 1.165) is 23.9 Å². The van der Waals surface area contributed by atoms with Gasteiger partial charge in [-0.05, 0) is 37.5 Å². The van der Waals surface area contributed by atoms with Crippen molar-refractivity contribution in [3.05, 3.63) is 0 Å². The molecule has 1 nitrogen and oxygen atoms in total. The summed E-state index contributed by atoms with van der Waals surface area (Å²) in [6.45, 7) is 4.87. The smallest absolute Gasteiger partial charge is 0.00978 e. The van der Waals surface area contributed by atoms with Crippen LogP contribution in [0.3, 0.4) is 0 Å². The minimum absolute atomic E-state index is 0.812. The predicted octanol–water partition coefficient (Wildman–Crippen LogP) is 4.12. The molecular weight excluding hydrogens is 194 g/mol. The largest absolute Gasteiger partial charge is 0.311 e. The van der Waals surface area contributed by atoms with Crippen LogP contribution in [0.4, 0.5) is 0 Å². The van der Waals surface area contributed by atoms with Crippen LogP contribution >= 0.6 is 0 Å². The Labute approximate surface area is 101 Å². The Hall–Kier alpha value is -0.0400. The van der Waals surface area contributed by atoms with Crippen LogP contribution in [0.1, 0.15) is 71.6 Å². The van der Waals surface area contributed by atoms with Gasteiger partial charge in [-0.2, -0.15) is 0 Å². The molecule has 1 heteroatoms. The lowest BCUT2D eigenvalue weighted by atomic mass is 9.79. The lowest BCUT2D eigenvalue weighted by Crippen LogP contribution is -2.44. The van der Waals surface area contributed by atoms with E-state index in [1.807, 2.05) is 0 Å². The van der Waals surface area contributed by atoms with Gasteiger partial charge in [-0.15, -0.1) is 0 Å². The van der Waals surface area contributed by atoms with Crippen molar-refractivity contribution >= 4 is 0 Å². The van der Waals surface area contributed by atoms with Gasteiger partial charge in [0.05, 0.1) is 0 Å². The van der Waals surface area contributed by atoms with E-state index < -0.39 is 0 Å². The molecular formula is C15H29N. The van der Waals surface area contributed by atoms with E-state index in [4.69, 9.17) is 0 Å². The van der Waals surface area contributed by atoms with Crippen molar-refractivity contribution in [1.82, 2.24) is 5.32 Å². The van der Waals surface area contributed by atoms with Crippen molar-refractivity contribution in [3.8, 4) is 0 Å². The zero-order valence-electron chi connectivity index (χ0n) is 11.2. The standard InChI is InChI=1S/C15H29N/c1-12-9-10-13(2)15(11-12)16-14-7-5-3-4-6-8-14/h12-16H,3-11H2,1-2H3. The van der Waals surface area contributed by atoms with Crippen molar-refractivity contribution < 1.29 is 0 Å². The summed E-state index contributed by atoms with van der Waals surface area (Å²) in [7, 11) is 0. The zero-order chi connectivity index (χ0) is 11.4. The minimum atomic E-state index is 0.812. The highest BCUT2D eigenvalue weighted by atomic mass is 15.0. The van der Waals surface area contributed by atoms with Gasteiger partial charge >= 0.3 is 0 Å². The highest BCUT2D eigenvalue weighted by Gasteiger charge is 2.27. The fourth-order valence-corrected chi connectivity index (χ4v) is 3.51. The maximum absolute atomic E-state index is 3.98. The molecule has 0 aromatic heterocycles. The van der Waals surface area contributed by atoms with E-state index in [1.54, 1.807) is 0 Å². The van der Waals surface area contributed by atoms with Crippen LogP contribution in [0, 0.1) is 11.8 Å². The van der Waals surface area contributed by atoms with Gasteiger partial charge < -0.3 is 5.32 Å². The second-order valence-electron chi connectivity index (χ2n) is 6.36. The van der Waals surface area contributed by atoms with E-state index in [9.17, 15) is 0 Å². The van der Waals surface area contributed by atoms with E-state index in [2.05, 4.69) is 19.2 Å². The minimum Gasteiger partial charge on any atom is -0.311 e. The summed E-state index contributed by atoms with van der Waals surface area (Å²) in [5, 5.41) is 3.98. The lowest BCUT2D eigenvalue weighted by Gasteiger charge is -2.36. The van der Waals surface area contributed by atoms with E-state index in [0.29, 0.717) is 0 Å². The fraction of sp³-hybridized carbons (Fsp3) is 1.00. The molecule has 1 N–H and O–H groups in total. The van der Waals surface area contributed by atoms with E-state index in [-0.39, 0.29) is 0 Å². The second kappa shape index (κ2) is 6.05. The third-order valence-corrected chi connectivity index (χ3v) is 4.76. The Kier molecular flexibility index (Phi) is 4.69. The highest BCUT2D eigenvalue weighted by Crippen LogP contribution is 2.29. The van der Waals surface area contributed by atoms with Crippen LogP contribution in [0.5, 0.6) is 0 Å². The molecule has 0 saturated heterocycles. The molecule has 0 bridgehead atoms. The van der Waals surface area contributed by atoms with Gasteiger partial charge in [0.15, 0.2) is 0 Å². The van der Waals surface area contributed by atoms with Gasteiger partial charge in [-0.25, -0.2) is 0 Å². The summed E-state index contributed by atoms with van der Waals surface area (Å²) in [4.78, 5) is 0. The summed E-state index contributed by atoms with van der Waals surface area (Å²) < 4.78 is 0. The van der Waals surface area contributed by atoms with Crippen molar-refractivity contribution in [2.75, 3.05) is 0 Å². The second-order valence-corrected chi connectivity index (χ2v) is 6.36. The molecule has 2 saturated carbocycles. The first-order valence-electron chi connectivity index (χ1n) is 7.51. The topological polar surface area (TPSA) is 12.0 Å². The molecule has 0 heterocycles. The molecule has 3 atom stereocenters. The fourth-order valence-electron chi connectivity index (χ4n) is 3.51. The van der Waals surface area contributed by atoms with Crippen molar-refractivity contribution in [2.24, 2.45) is 11.8 Å². The van der Waals surface area contributed by atoms with Crippen molar-refractivity contribution in [2.45, 2.75) is 83.7 Å². The molecule has 0 radical (unpaired) electrons. The predicted molar refractivity (Wildman–Crippen MR) is 70.6 cm³/mol. The monoisotopic (exact) mass is 223 g/mol. The van der Waals surface area contributed by atoms with Crippen LogP contribution in [-0.2, 0) is 0 Å². The van der Waals surface area contributed by atoms with Gasteiger partial charge in [0, 0.05) is 12.1 Å². The molecule has 2 rings (SSSR count). The van der Waals surface area contributed by atoms with Gasteiger partial charge in [-0.1, -0.05) is 46.0 Å². The van der Waals surface area contributed by atoms with Crippen LogP contribution < -0.4 is 5.32 Å². The zero-order valence-corrected chi connectivity index (χ0v) is 11.2. The Bertz CT molecular complexity index is 194. The summed E-state index contributed by atoms with van der Waals surface area (Å²) in [6.07, 6.45) is 13.0. The third-order valence-electron chi connectivity index (χ3n) is 4.76. The molecule has 0 aromatic rings. The van der Waals surface area contributed by atoms with Crippen LogP contribution in [0.15, 0.2) is 0 Å². The Morgan fingerprint density at radius 3 is 2.19 bits per heavy atom. The van der Waals surface area contributed by atoms with Gasteiger partial charge in [0.25, 0.3) is 0 Å². The first-order chi connectivity index (χ1) is 7.75. The van der Waals surface area contributed by atoms with Crippen molar-refractivity contribution in [3.63, 3.8) is 0 Å². The summed E-state index contributed by atoms with van der Waals surface area (Å²) >= 11 is 0. The third kappa shape index (κ3) is 3.48. The van der Waals surface area contributed by atoms with Gasteiger partial charge in [0.2, 0.25) is 0 Å². The molecule has 0 amide bonds. The lowest BCUT2D eigenvalue weighted by molar-refractivity contribution is 0.207. The summed E-state index contributed by atoms with van der Waals surface area (Å²) in [5.41, 5.74) is 0. The Morgan fingerprint density at radius 1 is 0.812 bits per heavy atom. The molecule has 94 valence electrons. The maximum Gasteiger partial charge on any atom is 0.00978 e. The quantitative estimate of drug-likeness (QED) is 0.694. The molecule has 0 aromatic carbocycles. The average Bonchev–Trinajstić information content (AvgIpc) is 2.52. The van der Waals surface area contributed by atoms with Gasteiger partial charge in [-0.3, -0.25) is 0 Å². The maximum atomic E-state index is 3.98. The molecule has 2 aliphatic rings. The molecule has 2 aliphatic carbocycles. The summed E-state index contributed by atoms with van der Waals surface area (Å²) in [5.74, 6) is 1.85. The molecule has 0 spiro atoms. The first-order valence-corrected chi connectivity index (χ1v) is 7.51. The van der Waals surface area contributed by atoms with Crippen LogP contribution in [-0.4, -0.2) is 12.1 Å². The normalized spacial score (nSPS) is 38.2. The molecule has 3 unspecified atom stereocenters. The molecule has 0 aliphatic heterocycles. The van der Waals surface area contributed by atoms with Crippen molar-refractivity contribution in [1.29, 1.82) is 0 Å². The SMILES string of the molecule is CC1CCC(C)C(NC2CCCCCC2)C1. The first kappa shape index (κ1) is 12.4. The number of nitrogens with one attached hydrogen (secondary N) is 1. The van der Waals surface area contributed by atoms with E-state index in [1.165, 1.54) is 57.8 Å². The number of hydrogen-bond donors (Lipinski definition) is 1. The highest BCUT2D eigenvalue weighted by molar-refractivity contribution is 4.84. The van der Waals surface area contributed by atoms with E-state index >= 15 is 0 Å². The van der Waals surface area contributed by atoms with Crippen LogP contribution in [0.25, 0.3) is 0 Å². The molecule has 2 fully saturated rings.